The Morgan fingerprint density at radius 3 is 2.92 bits per heavy atom. The van der Waals surface area contributed by atoms with E-state index in [0.29, 0.717) is 24.7 Å². The molecule has 0 radical (unpaired) electrons. The Bertz CT molecular complexity index is 709. The Morgan fingerprint density at radius 2 is 2.20 bits per heavy atom. The summed E-state index contributed by atoms with van der Waals surface area (Å²) in [6.07, 6.45) is 4.75. The molecule has 0 atom stereocenters. The van der Waals surface area contributed by atoms with E-state index < -0.39 is 0 Å². The Kier molecular flexibility index (Phi) is 5.68. The van der Waals surface area contributed by atoms with Crippen LogP contribution in [0.25, 0.3) is 11.4 Å². The van der Waals surface area contributed by atoms with Crippen molar-refractivity contribution in [3.8, 4) is 17.1 Å². The van der Waals surface area contributed by atoms with E-state index in [-0.39, 0.29) is 11.8 Å². The van der Waals surface area contributed by atoms with Crippen molar-refractivity contribution in [3.05, 3.63) is 30.2 Å². The summed E-state index contributed by atoms with van der Waals surface area (Å²) in [7, 11) is 1.63. The van der Waals surface area contributed by atoms with E-state index in [1.54, 1.807) is 7.11 Å². The zero-order valence-corrected chi connectivity index (χ0v) is 14.9. The van der Waals surface area contributed by atoms with Crippen molar-refractivity contribution in [2.75, 3.05) is 20.2 Å². The number of nitrogens with zero attached hydrogens (tertiary/aromatic N) is 3. The van der Waals surface area contributed by atoms with Crippen LogP contribution in [-0.2, 0) is 11.2 Å². The lowest BCUT2D eigenvalue weighted by molar-refractivity contribution is -0.132. The van der Waals surface area contributed by atoms with Gasteiger partial charge < -0.3 is 14.2 Å². The molecule has 0 bridgehead atoms. The van der Waals surface area contributed by atoms with Gasteiger partial charge in [-0.1, -0.05) is 30.6 Å². The third-order valence-electron chi connectivity index (χ3n) is 4.41. The minimum Gasteiger partial charge on any atom is -0.497 e. The molecule has 0 unspecified atom stereocenters. The normalized spacial score (nSPS) is 13.7. The van der Waals surface area contributed by atoms with Crippen LogP contribution in [0.4, 0.5) is 0 Å². The number of aromatic nitrogens is 2. The molecule has 1 aromatic heterocycles. The lowest BCUT2D eigenvalue weighted by Crippen LogP contribution is -2.35. The van der Waals surface area contributed by atoms with Crippen LogP contribution in [0.3, 0.4) is 0 Å². The van der Waals surface area contributed by atoms with Gasteiger partial charge in [-0.2, -0.15) is 4.98 Å². The predicted molar refractivity (Wildman–Crippen MR) is 94.2 cm³/mol. The van der Waals surface area contributed by atoms with Gasteiger partial charge in [-0.05, 0) is 31.4 Å². The fourth-order valence-electron chi connectivity index (χ4n) is 2.74. The number of carbonyl (C=O) groups excluding carboxylic acids is 1. The summed E-state index contributed by atoms with van der Waals surface area (Å²) in [5, 5.41) is 4.05. The second kappa shape index (κ2) is 8.14. The number of methoxy groups -OCH3 is 1. The fraction of sp³-hybridized carbons (Fsp3) is 0.526. The maximum absolute atomic E-state index is 12.4. The lowest BCUT2D eigenvalue weighted by atomic mass is 10.2. The zero-order valence-electron chi connectivity index (χ0n) is 14.9. The summed E-state index contributed by atoms with van der Waals surface area (Å²) < 4.78 is 10.6. The summed E-state index contributed by atoms with van der Waals surface area (Å²) in [5.41, 5.74) is 0.853. The van der Waals surface area contributed by atoms with Gasteiger partial charge in [-0.25, -0.2) is 0 Å². The topological polar surface area (TPSA) is 68.5 Å². The average Bonchev–Trinajstić information content (AvgIpc) is 3.39. The number of unbranched alkanes of at least 4 members (excludes halogenated alkanes) is 1. The molecule has 1 fully saturated rings. The van der Waals surface area contributed by atoms with Gasteiger partial charge in [0.1, 0.15) is 5.75 Å². The van der Waals surface area contributed by atoms with Gasteiger partial charge in [0.2, 0.25) is 17.6 Å². The fourth-order valence-corrected chi connectivity index (χ4v) is 2.74. The Hall–Kier alpha value is -2.37. The first-order valence-electron chi connectivity index (χ1n) is 8.97. The van der Waals surface area contributed by atoms with Crippen molar-refractivity contribution < 1.29 is 14.1 Å². The molecule has 25 heavy (non-hydrogen) atoms. The summed E-state index contributed by atoms with van der Waals surface area (Å²) in [5.74, 6) is 2.38. The first kappa shape index (κ1) is 17.5. The summed E-state index contributed by atoms with van der Waals surface area (Å²) >= 11 is 0. The molecule has 3 rings (SSSR count). The smallest absolute Gasteiger partial charge is 0.228 e. The van der Waals surface area contributed by atoms with E-state index in [2.05, 4.69) is 17.1 Å². The number of benzene rings is 1. The highest BCUT2D eigenvalue weighted by Gasteiger charge is 2.33. The van der Waals surface area contributed by atoms with Crippen molar-refractivity contribution in [3.63, 3.8) is 0 Å². The third-order valence-corrected chi connectivity index (χ3v) is 4.41. The van der Waals surface area contributed by atoms with E-state index >= 15 is 0 Å². The molecule has 0 spiro atoms. The van der Waals surface area contributed by atoms with Gasteiger partial charge in [0, 0.05) is 31.0 Å². The van der Waals surface area contributed by atoms with Crippen molar-refractivity contribution in [2.24, 2.45) is 5.92 Å². The molecule has 2 aromatic rings. The molecule has 1 aromatic carbocycles. The second-order valence-electron chi connectivity index (χ2n) is 6.45. The van der Waals surface area contributed by atoms with Crippen LogP contribution < -0.4 is 4.74 Å². The number of amides is 1. The number of hydrogen-bond donors (Lipinski definition) is 0. The zero-order chi connectivity index (χ0) is 17.6. The standard InChI is InChI=1S/C19H25N3O3/c1-3-4-11-22(19(23)14-8-9-14)12-10-17-20-18(21-25-17)15-6-5-7-16(13-15)24-2/h5-7,13-14H,3-4,8-12H2,1-2H3. The van der Waals surface area contributed by atoms with Gasteiger partial charge >= 0.3 is 0 Å². The molecule has 1 amide bonds. The average molecular weight is 343 g/mol. The molecule has 1 saturated carbocycles. The molecule has 0 saturated heterocycles. The number of hydrogen-bond acceptors (Lipinski definition) is 5. The first-order valence-corrected chi connectivity index (χ1v) is 8.97. The molecule has 1 aliphatic carbocycles. The number of ether oxygens (including phenoxy) is 1. The quantitative estimate of drug-likeness (QED) is 0.698. The third kappa shape index (κ3) is 4.59. The van der Waals surface area contributed by atoms with Gasteiger partial charge in [0.05, 0.1) is 7.11 Å². The molecule has 1 heterocycles. The van der Waals surface area contributed by atoms with E-state index in [0.717, 1.165) is 43.5 Å². The number of carbonyl (C=O) groups is 1. The van der Waals surface area contributed by atoms with E-state index in [4.69, 9.17) is 9.26 Å². The SMILES string of the molecule is CCCCN(CCc1nc(-c2cccc(OC)c2)no1)C(=O)C1CC1. The summed E-state index contributed by atoms with van der Waals surface area (Å²) in [6, 6.07) is 7.56. The summed E-state index contributed by atoms with van der Waals surface area (Å²) in [6.45, 7) is 3.58. The van der Waals surface area contributed by atoms with Gasteiger partial charge in [0.25, 0.3) is 0 Å². The molecule has 0 aliphatic heterocycles. The van der Waals surface area contributed by atoms with Crippen LogP contribution in [0.15, 0.2) is 28.8 Å². The molecule has 6 heteroatoms. The number of rotatable bonds is 9. The highest BCUT2D eigenvalue weighted by molar-refractivity contribution is 5.81. The summed E-state index contributed by atoms with van der Waals surface area (Å²) in [4.78, 5) is 18.8. The Labute approximate surface area is 148 Å². The monoisotopic (exact) mass is 343 g/mol. The molecule has 6 nitrogen and oxygen atoms in total. The van der Waals surface area contributed by atoms with Crippen LogP contribution in [-0.4, -0.2) is 41.1 Å². The highest BCUT2D eigenvalue weighted by Crippen LogP contribution is 2.31. The second-order valence-corrected chi connectivity index (χ2v) is 6.45. The Balaban J connectivity index is 1.62. The molecule has 0 N–H and O–H groups in total. The minimum absolute atomic E-state index is 0.242. The first-order chi connectivity index (χ1) is 12.2. The van der Waals surface area contributed by atoms with Crippen LogP contribution in [0.5, 0.6) is 5.75 Å². The van der Waals surface area contributed by atoms with E-state index in [9.17, 15) is 4.79 Å². The molecular formula is C19H25N3O3. The van der Waals surface area contributed by atoms with Gasteiger partial charge in [0.15, 0.2) is 0 Å². The Morgan fingerprint density at radius 1 is 1.36 bits per heavy atom. The van der Waals surface area contributed by atoms with Crippen molar-refractivity contribution in [2.45, 2.75) is 39.0 Å². The van der Waals surface area contributed by atoms with E-state index in [1.807, 2.05) is 29.2 Å². The lowest BCUT2D eigenvalue weighted by Gasteiger charge is -2.21. The van der Waals surface area contributed by atoms with Crippen LogP contribution in [0, 0.1) is 5.92 Å². The van der Waals surface area contributed by atoms with Gasteiger partial charge in [-0.3, -0.25) is 4.79 Å². The van der Waals surface area contributed by atoms with Crippen molar-refractivity contribution >= 4 is 5.91 Å². The maximum atomic E-state index is 12.4. The molecule has 134 valence electrons. The van der Waals surface area contributed by atoms with Crippen molar-refractivity contribution in [1.82, 2.24) is 15.0 Å². The molecular weight excluding hydrogens is 318 g/mol. The van der Waals surface area contributed by atoms with Crippen LogP contribution >= 0.6 is 0 Å². The van der Waals surface area contributed by atoms with Crippen LogP contribution in [0.2, 0.25) is 0 Å². The van der Waals surface area contributed by atoms with Crippen molar-refractivity contribution in [1.29, 1.82) is 0 Å². The largest absolute Gasteiger partial charge is 0.497 e. The van der Waals surface area contributed by atoms with Crippen LogP contribution in [0.1, 0.15) is 38.5 Å². The van der Waals surface area contributed by atoms with Gasteiger partial charge in [-0.15, -0.1) is 0 Å². The highest BCUT2D eigenvalue weighted by atomic mass is 16.5. The van der Waals surface area contributed by atoms with E-state index in [1.165, 1.54) is 0 Å². The maximum Gasteiger partial charge on any atom is 0.228 e. The minimum atomic E-state index is 0.242. The molecule has 1 aliphatic rings. The predicted octanol–water partition coefficient (Wildman–Crippen LogP) is 3.33.